The lowest BCUT2D eigenvalue weighted by Crippen LogP contribution is -2.24. The molecule has 0 aromatic heterocycles. The van der Waals surface area contributed by atoms with E-state index in [4.69, 9.17) is 14.2 Å². The van der Waals surface area contributed by atoms with Gasteiger partial charge in [0.15, 0.2) is 17.3 Å². The van der Waals surface area contributed by atoms with E-state index in [-0.39, 0.29) is 41.7 Å². The number of esters is 1. The number of hydrogen-bond donors (Lipinski definition) is 0. The summed E-state index contributed by atoms with van der Waals surface area (Å²) < 4.78 is 15.8. The van der Waals surface area contributed by atoms with Crippen molar-refractivity contribution in [2.24, 2.45) is 0 Å². The molecule has 0 bridgehead atoms. The highest BCUT2D eigenvalue weighted by molar-refractivity contribution is 5.98. The largest absolute Gasteiger partial charge is 0.493 e. The molecule has 0 aliphatic heterocycles. The summed E-state index contributed by atoms with van der Waals surface area (Å²) in [5.41, 5.74) is -0.956. The standard InChI is InChI=1S/C17H23NO7/c1-11(19)12-9-14(23-5)15(10-13(12)18(21)22)24-8-6-7-16(20)25-17(2,3)4/h9-10H,6-8H2,1-5H3. The first-order valence-electron chi connectivity index (χ1n) is 7.77. The maximum absolute atomic E-state index is 11.6. The van der Waals surface area contributed by atoms with Crippen LogP contribution in [0.4, 0.5) is 5.69 Å². The number of benzene rings is 1. The Kier molecular flexibility index (Phi) is 6.90. The second kappa shape index (κ2) is 8.46. The van der Waals surface area contributed by atoms with Gasteiger partial charge >= 0.3 is 5.97 Å². The Morgan fingerprint density at radius 1 is 1.20 bits per heavy atom. The average molecular weight is 353 g/mol. The summed E-state index contributed by atoms with van der Waals surface area (Å²) in [4.78, 5) is 33.7. The van der Waals surface area contributed by atoms with E-state index < -0.39 is 16.3 Å². The summed E-state index contributed by atoms with van der Waals surface area (Å²) >= 11 is 0. The van der Waals surface area contributed by atoms with Gasteiger partial charge in [0, 0.05) is 12.5 Å². The Balaban J connectivity index is 2.78. The van der Waals surface area contributed by atoms with Crippen LogP contribution in [0.2, 0.25) is 0 Å². The minimum Gasteiger partial charge on any atom is -0.493 e. The Bertz CT molecular complexity index is 662. The van der Waals surface area contributed by atoms with Gasteiger partial charge in [-0.1, -0.05) is 0 Å². The highest BCUT2D eigenvalue weighted by atomic mass is 16.6. The van der Waals surface area contributed by atoms with Crippen molar-refractivity contribution in [2.75, 3.05) is 13.7 Å². The molecule has 0 amide bonds. The molecule has 0 aliphatic carbocycles. The van der Waals surface area contributed by atoms with Crippen LogP contribution >= 0.6 is 0 Å². The molecule has 0 saturated heterocycles. The first-order valence-corrected chi connectivity index (χ1v) is 7.77. The van der Waals surface area contributed by atoms with Gasteiger partial charge in [-0.15, -0.1) is 0 Å². The summed E-state index contributed by atoms with van der Waals surface area (Å²) in [6.07, 6.45) is 0.535. The zero-order valence-electron chi connectivity index (χ0n) is 15.1. The molecule has 0 atom stereocenters. The van der Waals surface area contributed by atoms with Crippen LogP contribution in [-0.2, 0) is 9.53 Å². The van der Waals surface area contributed by atoms with Crippen molar-refractivity contribution >= 4 is 17.4 Å². The molecule has 138 valence electrons. The fourth-order valence-corrected chi connectivity index (χ4v) is 2.05. The molecule has 0 unspecified atom stereocenters. The molecule has 1 aromatic rings. The first-order chi connectivity index (χ1) is 11.5. The number of carbonyl (C=O) groups is 2. The summed E-state index contributed by atoms with van der Waals surface area (Å²) in [6, 6.07) is 2.44. The van der Waals surface area contributed by atoms with Crippen molar-refractivity contribution in [3.05, 3.63) is 27.8 Å². The topological polar surface area (TPSA) is 105 Å². The van der Waals surface area contributed by atoms with E-state index in [1.54, 1.807) is 20.8 Å². The van der Waals surface area contributed by atoms with Crippen molar-refractivity contribution in [2.45, 2.75) is 46.1 Å². The number of carbonyl (C=O) groups excluding carboxylic acids is 2. The van der Waals surface area contributed by atoms with Gasteiger partial charge in [-0.25, -0.2) is 0 Å². The number of methoxy groups -OCH3 is 1. The lowest BCUT2D eigenvalue weighted by atomic mass is 10.1. The molecule has 1 aromatic carbocycles. The molecule has 0 heterocycles. The van der Waals surface area contributed by atoms with Crippen LogP contribution in [0.15, 0.2) is 12.1 Å². The third kappa shape index (κ3) is 6.40. The molecule has 1 rings (SSSR count). The second-order valence-electron chi connectivity index (χ2n) is 6.37. The fourth-order valence-electron chi connectivity index (χ4n) is 2.05. The smallest absolute Gasteiger partial charge is 0.306 e. The number of hydrogen-bond acceptors (Lipinski definition) is 7. The molecule has 25 heavy (non-hydrogen) atoms. The van der Waals surface area contributed by atoms with Gasteiger partial charge < -0.3 is 14.2 Å². The van der Waals surface area contributed by atoms with Crippen LogP contribution in [0.5, 0.6) is 11.5 Å². The Hall–Kier alpha value is -2.64. The highest BCUT2D eigenvalue weighted by Crippen LogP contribution is 2.35. The van der Waals surface area contributed by atoms with E-state index in [0.29, 0.717) is 6.42 Å². The van der Waals surface area contributed by atoms with Crippen molar-refractivity contribution in [1.29, 1.82) is 0 Å². The fraction of sp³-hybridized carbons (Fsp3) is 0.529. The van der Waals surface area contributed by atoms with Crippen molar-refractivity contribution in [3.8, 4) is 11.5 Å². The first kappa shape index (κ1) is 20.4. The Morgan fingerprint density at radius 3 is 2.32 bits per heavy atom. The summed E-state index contributed by atoms with van der Waals surface area (Å²) in [5, 5.41) is 11.1. The van der Waals surface area contributed by atoms with E-state index in [1.165, 1.54) is 20.1 Å². The predicted octanol–water partition coefficient (Wildman–Crippen LogP) is 3.31. The quantitative estimate of drug-likeness (QED) is 0.232. The van der Waals surface area contributed by atoms with Gasteiger partial charge in [0.05, 0.1) is 30.3 Å². The molecular weight excluding hydrogens is 330 g/mol. The van der Waals surface area contributed by atoms with Crippen LogP contribution in [0.1, 0.15) is 50.9 Å². The lowest BCUT2D eigenvalue weighted by Gasteiger charge is -2.19. The molecule has 0 radical (unpaired) electrons. The molecule has 0 N–H and O–H groups in total. The number of nitrogens with zero attached hydrogens (tertiary/aromatic N) is 1. The van der Waals surface area contributed by atoms with E-state index in [0.717, 1.165) is 6.07 Å². The summed E-state index contributed by atoms with van der Waals surface area (Å²) in [6.45, 7) is 6.72. The Morgan fingerprint density at radius 2 is 1.84 bits per heavy atom. The van der Waals surface area contributed by atoms with Gasteiger partial charge in [-0.2, -0.15) is 0 Å². The van der Waals surface area contributed by atoms with E-state index in [9.17, 15) is 19.7 Å². The monoisotopic (exact) mass is 353 g/mol. The van der Waals surface area contributed by atoms with E-state index >= 15 is 0 Å². The molecule has 0 aliphatic rings. The van der Waals surface area contributed by atoms with Gasteiger partial charge in [0.2, 0.25) is 0 Å². The SMILES string of the molecule is COc1cc(C(C)=O)c([N+](=O)[O-])cc1OCCCC(=O)OC(C)(C)C. The zero-order valence-corrected chi connectivity index (χ0v) is 15.1. The van der Waals surface area contributed by atoms with Crippen LogP contribution in [0.3, 0.4) is 0 Å². The number of nitro groups is 1. The Labute approximate surface area is 146 Å². The second-order valence-corrected chi connectivity index (χ2v) is 6.37. The third-order valence-electron chi connectivity index (χ3n) is 3.06. The van der Waals surface area contributed by atoms with Crippen LogP contribution in [0, 0.1) is 10.1 Å². The van der Waals surface area contributed by atoms with Crippen molar-refractivity contribution in [1.82, 2.24) is 0 Å². The lowest BCUT2D eigenvalue weighted by molar-refractivity contribution is -0.385. The molecule has 0 saturated carbocycles. The molecule has 8 heteroatoms. The maximum atomic E-state index is 11.6. The molecule has 0 fully saturated rings. The summed E-state index contributed by atoms with van der Waals surface area (Å²) in [7, 11) is 1.37. The minimum absolute atomic E-state index is 0.0528. The van der Waals surface area contributed by atoms with Crippen LogP contribution < -0.4 is 9.47 Å². The zero-order chi connectivity index (χ0) is 19.2. The van der Waals surface area contributed by atoms with E-state index in [1.807, 2.05) is 0 Å². The average Bonchev–Trinajstić information content (AvgIpc) is 2.48. The van der Waals surface area contributed by atoms with Crippen LogP contribution in [0.25, 0.3) is 0 Å². The van der Waals surface area contributed by atoms with Gasteiger partial charge in [0.1, 0.15) is 5.60 Å². The van der Waals surface area contributed by atoms with Gasteiger partial charge in [-0.3, -0.25) is 19.7 Å². The maximum Gasteiger partial charge on any atom is 0.306 e. The van der Waals surface area contributed by atoms with Crippen molar-refractivity contribution in [3.63, 3.8) is 0 Å². The van der Waals surface area contributed by atoms with Gasteiger partial charge in [0.25, 0.3) is 5.69 Å². The third-order valence-corrected chi connectivity index (χ3v) is 3.06. The number of ether oxygens (including phenoxy) is 3. The summed E-state index contributed by atoms with van der Waals surface area (Å²) in [5.74, 6) is -0.432. The number of ketones is 1. The van der Waals surface area contributed by atoms with E-state index in [2.05, 4.69) is 0 Å². The van der Waals surface area contributed by atoms with Crippen molar-refractivity contribution < 1.29 is 28.7 Å². The molecule has 8 nitrogen and oxygen atoms in total. The predicted molar refractivity (Wildman–Crippen MR) is 90.2 cm³/mol. The molecule has 0 spiro atoms. The molecular formula is C17H23NO7. The normalized spacial score (nSPS) is 10.9. The minimum atomic E-state index is -0.649. The number of Topliss-reactive ketones (excluding diaryl/α,β-unsaturated/α-hetero) is 1. The van der Waals surface area contributed by atoms with Gasteiger partial charge in [-0.05, 0) is 34.1 Å². The highest BCUT2D eigenvalue weighted by Gasteiger charge is 2.22. The van der Waals surface area contributed by atoms with Crippen LogP contribution in [-0.4, -0.2) is 36.0 Å². The number of rotatable bonds is 8. The number of nitro benzene ring substituents is 1.